The van der Waals surface area contributed by atoms with Crippen molar-refractivity contribution in [2.45, 2.75) is 13.8 Å². The van der Waals surface area contributed by atoms with Gasteiger partial charge in [-0.05, 0) is 44.2 Å². The van der Waals surface area contributed by atoms with Crippen molar-refractivity contribution in [2.24, 2.45) is 0 Å². The van der Waals surface area contributed by atoms with Crippen molar-refractivity contribution in [3.05, 3.63) is 53.1 Å². The standard InChI is InChI=1S/C17H19FN2OS/c1-12-11-16(17(22)19-7-9-21-10-8-19)13(2)20(12)15-5-3-14(18)4-6-15/h3-6,11H,7-10H2,1-2H3. The lowest BCUT2D eigenvalue weighted by Crippen LogP contribution is -2.40. The summed E-state index contributed by atoms with van der Waals surface area (Å²) in [7, 11) is 0. The summed E-state index contributed by atoms with van der Waals surface area (Å²) in [6.45, 7) is 7.20. The van der Waals surface area contributed by atoms with E-state index in [0.29, 0.717) is 0 Å². The highest BCUT2D eigenvalue weighted by atomic mass is 32.1. The van der Waals surface area contributed by atoms with Crippen LogP contribution in [-0.4, -0.2) is 40.8 Å². The van der Waals surface area contributed by atoms with Gasteiger partial charge in [-0.2, -0.15) is 0 Å². The molecule has 0 atom stereocenters. The molecule has 0 radical (unpaired) electrons. The Morgan fingerprint density at radius 3 is 2.41 bits per heavy atom. The van der Waals surface area contributed by atoms with Gasteiger partial charge in [-0.1, -0.05) is 12.2 Å². The molecule has 0 aliphatic carbocycles. The zero-order valence-electron chi connectivity index (χ0n) is 12.8. The maximum atomic E-state index is 13.1. The summed E-state index contributed by atoms with van der Waals surface area (Å²) in [5, 5.41) is 0. The minimum absolute atomic E-state index is 0.227. The minimum Gasteiger partial charge on any atom is -0.378 e. The fourth-order valence-corrected chi connectivity index (χ4v) is 3.29. The van der Waals surface area contributed by atoms with E-state index in [-0.39, 0.29) is 5.82 Å². The molecule has 3 rings (SSSR count). The molecule has 1 saturated heterocycles. The lowest BCUT2D eigenvalue weighted by atomic mass is 10.2. The summed E-state index contributed by atoms with van der Waals surface area (Å²) in [5.41, 5.74) is 4.20. The van der Waals surface area contributed by atoms with E-state index in [1.54, 1.807) is 12.1 Å². The van der Waals surface area contributed by atoms with Crippen LogP contribution in [0.25, 0.3) is 5.69 Å². The van der Waals surface area contributed by atoms with E-state index >= 15 is 0 Å². The number of ether oxygens (including phenoxy) is 1. The number of morpholine rings is 1. The Balaban J connectivity index is 1.95. The third-order valence-corrected chi connectivity index (χ3v) is 4.52. The number of hydrogen-bond donors (Lipinski definition) is 0. The van der Waals surface area contributed by atoms with Gasteiger partial charge >= 0.3 is 0 Å². The summed E-state index contributed by atoms with van der Waals surface area (Å²) in [4.78, 5) is 3.06. The second-order valence-electron chi connectivity index (χ2n) is 5.50. The first-order chi connectivity index (χ1) is 10.6. The summed E-state index contributed by atoms with van der Waals surface area (Å²) in [6, 6.07) is 8.65. The van der Waals surface area contributed by atoms with Crippen molar-refractivity contribution >= 4 is 17.2 Å². The van der Waals surface area contributed by atoms with Gasteiger partial charge in [0.25, 0.3) is 0 Å². The summed E-state index contributed by atoms with van der Waals surface area (Å²) in [5.74, 6) is -0.227. The van der Waals surface area contributed by atoms with Crippen LogP contribution in [0.3, 0.4) is 0 Å². The molecule has 1 fully saturated rings. The predicted octanol–water partition coefficient (Wildman–Crippen LogP) is 3.24. The Bertz CT molecular complexity index is 687. The maximum absolute atomic E-state index is 13.1. The average molecular weight is 318 g/mol. The van der Waals surface area contributed by atoms with E-state index in [1.807, 2.05) is 6.92 Å². The van der Waals surface area contributed by atoms with Crippen LogP contribution >= 0.6 is 12.2 Å². The molecule has 0 N–H and O–H groups in total. The first kappa shape index (κ1) is 15.2. The number of halogens is 1. The Morgan fingerprint density at radius 2 is 1.77 bits per heavy atom. The first-order valence-corrected chi connectivity index (χ1v) is 7.80. The fraction of sp³-hybridized carbons (Fsp3) is 0.353. The number of nitrogens with zero attached hydrogens (tertiary/aromatic N) is 2. The van der Waals surface area contributed by atoms with E-state index in [2.05, 4.69) is 22.5 Å². The molecule has 1 aliphatic rings. The molecule has 0 unspecified atom stereocenters. The number of hydrogen-bond acceptors (Lipinski definition) is 2. The van der Waals surface area contributed by atoms with E-state index < -0.39 is 0 Å². The molecular weight excluding hydrogens is 299 g/mol. The molecule has 5 heteroatoms. The Kier molecular flexibility index (Phi) is 4.27. The van der Waals surface area contributed by atoms with Gasteiger partial charge in [0, 0.05) is 35.7 Å². The van der Waals surface area contributed by atoms with Gasteiger partial charge < -0.3 is 14.2 Å². The molecule has 0 spiro atoms. The molecule has 0 bridgehead atoms. The van der Waals surface area contributed by atoms with Gasteiger partial charge in [0.05, 0.1) is 13.2 Å². The van der Waals surface area contributed by atoms with Gasteiger partial charge in [0.1, 0.15) is 10.8 Å². The van der Waals surface area contributed by atoms with Gasteiger partial charge in [-0.25, -0.2) is 4.39 Å². The van der Waals surface area contributed by atoms with Crippen molar-refractivity contribution in [3.8, 4) is 5.69 Å². The minimum atomic E-state index is -0.227. The molecular formula is C17H19FN2OS. The van der Waals surface area contributed by atoms with Crippen LogP contribution in [0.5, 0.6) is 0 Å². The third-order valence-electron chi connectivity index (χ3n) is 4.04. The predicted molar refractivity (Wildman–Crippen MR) is 89.3 cm³/mol. The molecule has 22 heavy (non-hydrogen) atoms. The highest BCUT2D eigenvalue weighted by molar-refractivity contribution is 7.80. The van der Waals surface area contributed by atoms with Crippen molar-refractivity contribution in [1.82, 2.24) is 9.47 Å². The van der Waals surface area contributed by atoms with E-state index in [4.69, 9.17) is 17.0 Å². The normalized spacial score (nSPS) is 15.1. The highest BCUT2D eigenvalue weighted by Crippen LogP contribution is 2.23. The molecule has 0 amide bonds. The number of benzene rings is 1. The number of aryl methyl sites for hydroxylation is 1. The number of thiocarbonyl (C=S) groups is 1. The Morgan fingerprint density at radius 1 is 1.14 bits per heavy atom. The first-order valence-electron chi connectivity index (χ1n) is 7.40. The molecule has 1 aromatic carbocycles. The van der Waals surface area contributed by atoms with Crippen LogP contribution in [0.2, 0.25) is 0 Å². The van der Waals surface area contributed by atoms with Crippen molar-refractivity contribution in [1.29, 1.82) is 0 Å². The second kappa shape index (κ2) is 6.18. The van der Waals surface area contributed by atoms with Gasteiger partial charge in [-0.3, -0.25) is 0 Å². The SMILES string of the molecule is Cc1cc(C(=S)N2CCOCC2)c(C)n1-c1ccc(F)cc1. The maximum Gasteiger partial charge on any atom is 0.123 e. The topological polar surface area (TPSA) is 17.4 Å². The summed E-state index contributed by atoms with van der Waals surface area (Å²) in [6.07, 6.45) is 0. The second-order valence-corrected chi connectivity index (χ2v) is 5.89. The molecule has 2 aromatic rings. The van der Waals surface area contributed by atoms with Crippen LogP contribution in [-0.2, 0) is 4.74 Å². The van der Waals surface area contributed by atoms with Crippen LogP contribution in [0.15, 0.2) is 30.3 Å². The molecule has 116 valence electrons. The van der Waals surface area contributed by atoms with Crippen LogP contribution < -0.4 is 0 Å². The van der Waals surface area contributed by atoms with Crippen molar-refractivity contribution in [2.75, 3.05) is 26.3 Å². The summed E-state index contributed by atoms with van der Waals surface area (Å²) < 4.78 is 20.6. The molecule has 1 aliphatic heterocycles. The molecule has 2 heterocycles. The average Bonchev–Trinajstić information content (AvgIpc) is 2.83. The summed E-state index contributed by atoms with van der Waals surface area (Å²) >= 11 is 5.67. The lowest BCUT2D eigenvalue weighted by molar-refractivity contribution is 0.0692. The third kappa shape index (κ3) is 2.78. The highest BCUT2D eigenvalue weighted by Gasteiger charge is 2.20. The fourth-order valence-electron chi connectivity index (χ4n) is 2.90. The molecule has 0 saturated carbocycles. The lowest BCUT2D eigenvalue weighted by Gasteiger charge is -2.29. The quantitative estimate of drug-likeness (QED) is 0.792. The van der Waals surface area contributed by atoms with Crippen molar-refractivity contribution in [3.63, 3.8) is 0 Å². The molecule has 1 aromatic heterocycles. The number of rotatable bonds is 2. The van der Waals surface area contributed by atoms with Crippen LogP contribution in [0.1, 0.15) is 17.0 Å². The van der Waals surface area contributed by atoms with Crippen LogP contribution in [0, 0.1) is 19.7 Å². The van der Waals surface area contributed by atoms with Crippen molar-refractivity contribution < 1.29 is 9.13 Å². The van der Waals surface area contributed by atoms with E-state index in [1.165, 1.54) is 12.1 Å². The smallest absolute Gasteiger partial charge is 0.123 e. The van der Waals surface area contributed by atoms with Crippen LogP contribution in [0.4, 0.5) is 4.39 Å². The monoisotopic (exact) mass is 318 g/mol. The van der Waals surface area contributed by atoms with Gasteiger partial charge in [-0.15, -0.1) is 0 Å². The largest absolute Gasteiger partial charge is 0.378 e. The molecule has 3 nitrogen and oxygen atoms in total. The van der Waals surface area contributed by atoms with Gasteiger partial charge in [0.2, 0.25) is 0 Å². The Labute approximate surface area is 135 Å². The van der Waals surface area contributed by atoms with E-state index in [9.17, 15) is 4.39 Å². The number of aromatic nitrogens is 1. The zero-order valence-corrected chi connectivity index (χ0v) is 13.6. The van der Waals surface area contributed by atoms with E-state index in [0.717, 1.165) is 53.9 Å². The van der Waals surface area contributed by atoms with Gasteiger partial charge in [0.15, 0.2) is 0 Å². The zero-order chi connectivity index (χ0) is 15.7. The Hall–Kier alpha value is -1.72.